The standard InChI is InChI=1S/C17H30O2Si/c1-7-9-10-20-16(11-15(18-20)13(5)8-2)14(6)17(19-20)12(3)4/h7-9,12-17H,2,10-11H2,1,3-6H3/b9-7-/t13-,14-,15+,16-,17+,20?/m0/s1. The molecule has 6 atom stereocenters. The Hall–Kier alpha value is -0.383. The topological polar surface area (TPSA) is 18.5 Å². The van der Waals surface area contributed by atoms with Crippen molar-refractivity contribution in [2.24, 2.45) is 17.8 Å². The molecule has 0 aromatic carbocycles. The van der Waals surface area contributed by atoms with E-state index >= 15 is 0 Å². The van der Waals surface area contributed by atoms with Crippen molar-refractivity contribution < 1.29 is 8.85 Å². The Bertz CT molecular complexity index is 379. The van der Waals surface area contributed by atoms with Gasteiger partial charge in [0, 0.05) is 11.6 Å². The van der Waals surface area contributed by atoms with Crippen LogP contribution in [0.15, 0.2) is 24.8 Å². The Morgan fingerprint density at radius 2 is 2.00 bits per heavy atom. The fourth-order valence-electron chi connectivity index (χ4n) is 3.87. The van der Waals surface area contributed by atoms with Gasteiger partial charge < -0.3 is 8.85 Å². The summed E-state index contributed by atoms with van der Waals surface area (Å²) < 4.78 is 13.2. The SMILES string of the molecule is C=C[C@H](C)[C@H]1C[C@H]2[C@H](C)[C@@H](C(C)C)O[Si]2(C/C=C\C)O1. The van der Waals surface area contributed by atoms with Gasteiger partial charge in [-0.3, -0.25) is 0 Å². The lowest BCUT2D eigenvalue weighted by Crippen LogP contribution is -2.40. The van der Waals surface area contributed by atoms with Crippen molar-refractivity contribution in [2.45, 2.75) is 64.8 Å². The molecule has 2 aliphatic rings. The molecule has 114 valence electrons. The molecule has 0 aromatic rings. The normalized spacial score (nSPS) is 42.3. The predicted molar refractivity (Wildman–Crippen MR) is 86.9 cm³/mol. The molecule has 2 heterocycles. The van der Waals surface area contributed by atoms with Crippen LogP contribution >= 0.6 is 0 Å². The van der Waals surface area contributed by atoms with Crippen LogP contribution in [-0.2, 0) is 8.85 Å². The molecule has 0 bridgehead atoms. The molecule has 0 saturated carbocycles. The van der Waals surface area contributed by atoms with E-state index in [1.165, 1.54) is 0 Å². The van der Waals surface area contributed by atoms with Crippen LogP contribution in [0.3, 0.4) is 0 Å². The van der Waals surface area contributed by atoms with Gasteiger partial charge in [0.15, 0.2) is 0 Å². The first kappa shape index (κ1) is 16.0. The van der Waals surface area contributed by atoms with Gasteiger partial charge >= 0.3 is 8.56 Å². The van der Waals surface area contributed by atoms with Crippen LogP contribution in [0.5, 0.6) is 0 Å². The van der Waals surface area contributed by atoms with Gasteiger partial charge in [-0.05, 0) is 31.1 Å². The highest BCUT2D eigenvalue weighted by molar-refractivity contribution is 6.71. The first-order valence-corrected chi connectivity index (χ1v) is 10.1. The van der Waals surface area contributed by atoms with Gasteiger partial charge in [0.1, 0.15) is 0 Å². The van der Waals surface area contributed by atoms with Gasteiger partial charge in [0.25, 0.3) is 0 Å². The number of rotatable bonds is 5. The highest BCUT2D eigenvalue weighted by Crippen LogP contribution is 2.55. The maximum Gasteiger partial charge on any atom is 0.346 e. The molecule has 2 aliphatic heterocycles. The molecule has 20 heavy (non-hydrogen) atoms. The maximum atomic E-state index is 6.60. The molecule has 3 heteroatoms. The molecule has 0 amide bonds. The Balaban J connectivity index is 2.23. The highest BCUT2D eigenvalue weighted by atomic mass is 28.4. The molecule has 0 aromatic heterocycles. The summed E-state index contributed by atoms with van der Waals surface area (Å²) in [7, 11) is -2.09. The second-order valence-electron chi connectivity index (χ2n) is 6.86. The third-order valence-corrected chi connectivity index (χ3v) is 9.21. The van der Waals surface area contributed by atoms with E-state index in [0.29, 0.717) is 35.5 Å². The van der Waals surface area contributed by atoms with E-state index < -0.39 is 8.56 Å². The molecule has 0 N–H and O–H groups in total. The summed E-state index contributed by atoms with van der Waals surface area (Å²) in [5.74, 6) is 1.61. The molecule has 0 aliphatic carbocycles. The second kappa shape index (κ2) is 6.16. The van der Waals surface area contributed by atoms with E-state index in [9.17, 15) is 0 Å². The lowest BCUT2D eigenvalue weighted by Gasteiger charge is -2.28. The van der Waals surface area contributed by atoms with Crippen LogP contribution in [0.1, 0.15) is 41.0 Å². The third-order valence-electron chi connectivity index (χ3n) is 5.14. The van der Waals surface area contributed by atoms with Crippen molar-refractivity contribution in [3.8, 4) is 0 Å². The van der Waals surface area contributed by atoms with Gasteiger partial charge in [0.05, 0.1) is 12.2 Å². The summed E-state index contributed by atoms with van der Waals surface area (Å²) in [6.45, 7) is 15.1. The molecular formula is C17H30O2Si. The third kappa shape index (κ3) is 2.68. The molecule has 2 saturated heterocycles. The Kier molecular flexibility index (Phi) is 4.93. The average molecular weight is 295 g/mol. The van der Waals surface area contributed by atoms with Gasteiger partial charge in [-0.1, -0.05) is 45.9 Å². The van der Waals surface area contributed by atoms with Gasteiger partial charge in [-0.15, -0.1) is 6.58 Å². The minimum Gasteiger partial charge on any atom is -0.390 e. The van der Waals surface area contributed by atoms with Gasteiger partial charge in [-0.25, -0.2) is 0 Å². The molecule has 2 fully saturated rings. The first-order chi connectivity index (χ1) is 9.45. The van der Waals surface area contributed by atoms with E-state index in [1.807, 2.05) is 6.08 Å². The Morgan fingerprint density at radius 3 is 2.55 bits per heavy atom. The number of hydrogen-bond acceptors (Lipinski definition) is 2. The van der Waals surface area contributed by atoms with E-state index in [0.717, 1.165) is 12.5 Å². The van der Waals surface area contributed by atoms with Crippen LogP contribution in [0.4, 0.5) is 0 Å². The number of allylic oxidation sites excluding steroid dienone is 2. The van der Waals surface area contributed by atoms with Crippen molar-refractivity contribution in [3.05, 3.63) is 24.8 Å². The van der Waals surface area contributed by atoms with Crippen molar-refractivity contribution in [1.82, 2.24) is 0 Å². The van der Waals surface area contributed by atoms with E-state index in [-0.39, 0.29) is 0 Å². The summed E-state index contributed by atoms with van der Waals surface area (Å²) in [6.07, 6.45) is 8.23. The zero-order chi connectivity index (χ0) is 14.9. The van der Waals surface area contributed by atoms with Crippen molar-refractivity contribution in [3.63, 3.8) is 0 Å². The molecular weight excluding hydrogens is 264 g/mol. The fraction of sp³-hybridized carbons (Fsp3) is 0.765. The van der Waals surface area contributed by atoms with Crippen molar-refractivity contribution in [2.75, 3.05) is 0 Å². The number of hydrogen-bond donors (Lipinski definition) is 0. The molecule has 1 unspecified atom stereocenters. The molecule has 2 rings (SSSR count). The number of fused-ring (bicyclic) bond motifs is 1. The first-order valence-electron chi connectivity index (χ1n) is 8.04. The quantitative estimate of drug-likeness (QED) is 0.541. The molecule has 0 radical (unpaired) electrons. The van der Waals surface area contributed by atoms with Crippen LogP contribution < -0.4 is 0 Å². The summed E-state index contributed by atoms with van der Waals surface area (Å²) in [5, 5.41) is 0. The monoisotopic (exact) mass is 294 g/mol. The minimum absolute atomic E-state index is 0.310. The fourth-order valence-corrected chi connectivity index (χ4v) is 8.68. The zero-order valence-electron chi connectivity index (χ0n) is 13.6. The van der Waals surface area contributed by atoms with E-state index in [1.54, 1.807) is 0 Å². The zero-order valence-corrected chi connectivity index (χ0v) is 14.6. The predicted octanol–water partition coefficient (Wildman–Crippen LogP) is 4.68. The minimum atomic E-state index is -2.09. The largest absolute Gasteiger partial charge is 0.390 e. The summed E-state index contributed by atoms with van der Waals surface area (Å²) >= 11 is 0. The second-order valence-corrected chi connectivity index (χ2v) is 10.1. The van der Waals surface area contributed by atoms with Gasteiger partial charge in [0.2, 0.25) is 0 Å². The van der Waals surface area contributed by atoms with Crippen LogP contribution in [-0.4, -0.2) is 20.8 Å². The Labute approximate surface area is 125 Å². The molecule has 2 nitrogen and oxygen atoms in total. The Morgan fingerprint density at radius 1 is 1.30 bits per heavy atom. The lowest BCUT2D eigenvalue weighted by atomic mass is 9.88. The molecule has 0 spiro atoms. The highest BCUT2D eigenvalue weighted by Gasteiger charge is 2.62. The maximum absolute atomic E-state index is 6.60. The average Bonchev–Trinajstić information content (AvgIpc) is 2.91. The van der Waals surface area contributed by atoms with Crippen molar-refractivity contribution in [1.29, 1.82) is 0 Å². The summed E-state index contributed by atoms with van der Waals surface area (Å²) in [4.78, 5) is 0. The van der Waals surface area contributed by atoms with Crippen LogP contribution in [0.2, 0.25) is 11.6 Å². The lowest BCUT2D eigenvalue weighted by molar-refractivity contribution is 0.0587. The summed E-state index contributed by atoms with van der Waals surface area (Å²) in [6, 6.07) is 1.00. The van der Waals surface area contributed by atoms with E-state index in [4.69, 9.17) is 8.85 Å². The van der Waals surface area contributed by atoms with E-state index in [2.05, 4.69) is 53.3 Å². The van der Waals surface area contributed by atoms with Crippen molar-refractivity contribution >= 4 is 8.56 Å². The van der Waals surface area contributed by atoms with Crippen LogP contribution in [0, 0.1) is 17.8 Å². The summed E-state index contributed by atoms with van der Waals surface area (Å²) in [5.41, 5.74) is 0.637. The smallest absolute Gasteiger partial charge is 0.346 e. The van der Waals surface area contributed by atoms with Gasteiger partial charge in [-0.2, -0.15) is 0 Å². The van der Waals surface area contributed by atoms with Crippen LogP contribution in [0.25, 0.3) is 0 Å².